The molecule has 1 unspecified atom stereocenters. The molecule has 20 heavy (non-hydrogen) atoms. The van der Waals surface area contributed by atoms with Crippen LogP contribution in [0.25, 0.3) is 0 Å². The van der Waals surface area contributed by atoms with E-state index in [0.717, 1.165) is 26.2 Å². The maximum Gasteiger partial charge on any atom is 0.271 e. The summed E-state index contributed by atoms with van der Waals surface area (Å²) >= 11 is 0. The Balaban J connectivity index is 1.83. The summed E-state index contributed by atoms with van der Waals surface area (Å²) in [4.78, 5) is 13.7. The molecule has 0 radical (unpaired) electrons. The number of carbonyl (C=O) groups is 1. The Kier molecular flexibility index (Phi) is 5.25. The van der Waals surface area contributed by atoms with E-state index in [9.17, 15) is 4.79 Å². The van der Waals surface area contributed by atoms with Crippen molar-refractivity contribution in [3.63, 3.8) is 0 Å². The molecular formula is C13H21N5O2. The fourth-order valence-electron chi connectivity index (χ4n) is 2.09. The summed E-state index contributed by atoms with van der Waals surface area (Å²) in [7, 11) is 1.57. The van der Waals surface area contributed by atoms with Gasteiger partial charge in [0.15, 0.2) is 5.69 Å². The normalized spacial score (nSPS) is 19.6. The predicted octanol–water partition coefficient (Wildman–Crippen LogP) is -0.0312. The van der Waals surface area contributed by atoms with Crippen LogP contribution in [0.4, 0.5) is 5.82 Å². The van der Waals surface area contributed by atoms with E-state index in [0.29, 0.717) is 18.1 Å². The molecule has 2 N–H and O–H groups in total. The molecule has 0 bridgehead atoms. The van der Waals surface area contributed by atoms with Crippen LogP contribution in [0.2, 0.25) is 0 Å². The lowest BCUT2D eigenvalue weighted by molar-refractivity contribution is -0.0192. The number of rotatable bonds is 5. The van der Waals surface area contributed by atoms with Gasteiger partial charge in [0.05, 0.1) is 12.7 Å². The Morgan fingerprint density at radius 2 is 2.35 bits per heavy atom. The zero-order chi connectivity index (χ0) is 14.4. The van der Waals surface area contributed by atoms with Crippen LogP contribution in [0.1, 0.15) is 17.4 Å². The first-order valence-corrected chi connectivity index (χ1v) is 6.86. The SMILES string of the molecule is CCN1CCOC(CNc2ccc(C(=O)NC)nn2)C1. The van der Waals surface area contributed by atoms with Crippen molar-refractivity contribution < 1.29 is 9.53 Å². The number of aromatic nitrogens is 2. The van der Waals surface area contributed by atoms with E-state index in [1.54, 1.807) is 19.2 Å². The van der Waals surface area contributed by atoms with E-state index in [1.165, 1.54) is 0 Å². The molecule has 1 aliphatic heterocycles. The molecule has 2 rings (SSSR count). The summed E-state index contributed by atoms with van der Waals surface area (Å²) in [6.45, 7) is 6.56. The zero-order valence-electron chi connectivity index (χ0n) is 11.9. The number of hydrogen-bond donors (Lipinski definition) is 2. The molecule has 1 aliphatic rings. The van der Waals surface area contributed by atoms with Gasteiger partial charge in [-0.15, -0.1) is 10.2 Å². The van der Waals surface area contributed by atoms with Crippen molar-refractivity contribution in [2.75, 3.05) is 45.2 Å². The summed E-state index contributed by atoms with van der Waals surface area (Å²) in [5.74, 6) is 0.410. The van der Waals surface area contributed by atoms with Gasteiger partial charge in [0.25, 0.3) is 5.91 Å². The van der Waals surface area contributed by atoms with E-state index in [-0.39, 0.29) is 12.0 Å². The van der Waals surface area contributed by atoms with Crippen LogP contribution >= 0.6 is 0 Å². The number of hydrogen-bond acceptors (Lipinski definition) is 6. The molecule has 0 aromatic carbocycles. The summed E-state index contributed by atoms with van der Waals surface area (Å²) in [5, 5.41) is 13.5. The third-order valence-electron chi connectivity index (χ3n) is 3.31. The number of carbonyl (C=O) groups excluding carboxylic acids is 1. The van der Waals surface area contributed by atoms with Crippen LogP contribution in [-0.4, -0.2) is 66.9 Å². The highest BCUT2D eigenvalue weighted by molar-refractivity contribution is 5.91. The average molecular weight is 279 g/mol. The van der Waals surface area contributed by atoms with Gasteiger partial charge in [-0.25, -0.2) is 0 Å². The summed E-state index contributed by atoms with van der Waals surface area (Å²) in [6, 6.07) is 3.40. The molecule has 7 heteroatoms. The van der Waals surface area contributed by atoms with Crippen LogP contribution in [0.15, 0.2) is 12.1 Å². The van der Waals surface area contributed by atoms with E-state index >= 15 is 0 Å². The largest absolute Gasteiger partial charge is 0.374 e. The molecule has 1 atom stereocenters. The number of morpholine rings is 1. The third-order valence-corrected chi connectivity index (χ3v) is 3.31. The first kappa shape index (κ1) is 14.7. The molecular weight excluding hydrogens is 258 g/mol. The second-order valence-corrected chi connectivity index (χ2v) is 4.65. The maximum absolute atomic E-state index is 11.3. The van der Waals surface area contributed by atoms with E-state index in [2.05, 4.69) is 32.7 Å². The van der Waals surface area contributed by atoms with Gasteiger partial charge in [-0.05, 0) is 18.7 Å². The summed E-state index contributed by atoms with van der Waals surface area (Å²) in [6.07, 6.45) is 0.157. The van der Waals surface area contributed by atoms with Crippen LogP contribution in [0, 0.1) is 0 Å². The number of anilines is 1. The monoisotopic (exact) mass is 279 g/mol. The fourth-order valence-corrected chi connectivity index (χ4v) is 2.09. The van der Waals surface area contributed by atoms with Crippen molar-refractivity contribution in [2.24, 2.45) is 0 Å². The third kappa shape index (κ3) is 3.88. The van der Waals surface area contributed by atoms with Crippen molar-refractivity contribution in [3.05, 3.63) is 17.8 Å². The second-order valence-electron chi connectivity index (χ2n) is 4.65. The second kappa shape index (κ2) is 7.16. The Labute approximate surface area is 118 Å². The molecule has 7 nitrogen and oxygen atoms in total. The number of ether oxygens (including phenoxy) is 1. The first-order chi connectivity index (χ1) is 9.72. The van der Waals surface area contributed by atoms with Crippen molar-refractivity contribution in [1.82, 2.24) is 20.4 Å². The van der Waals surface area contributed by atoms with Crippen LogP contribution in [0.5, 0.6) is 0 Å². The lowest BCUT2D eigenvalue weighted by Gasteiger charge is -2.32. The molecule has 1 amide bonds. The van der Waals surface area contributed by atoms with Gasteiger partial charge in [0, 0.05) is 26.7 Å². The quantitative estimate of drug-likeness (QED) is 0.788. The maximum atomic E-state index is 11.3. The summed E-state index contributed by atoms with van der Waals surface area (Å²) < 4.78 is 5.69. The molecule has 1 aromatic rings. The van der Waals surface area contributed by atoms with Crippen molar-refractivity contribution in [2.45, 2.75) is 13.0 Å². The van der Waals surface area contributed by atoms with Crippen LogP contribution in [0.3, 0.4) is 0 Å². The number of likely N-dealkylation sites (N-methyl/N-ethyl adjacent to an activating group) is 1. The van der Waals surface area contributed by atoms with Crippen molar-refractivity contribution >= 4 is 11.7 Å². The van der Waals surface area contributed by atoms with Gasteiger partial charge >= 0.3 is 0 Å². The first-order valence-electron chi connectivity index (χ1n) is 6.86. The Hall–Kier alpha value is -1.73. The molecule has 0 aliphatic carbocycles. The molecule has 2 heterocycles. The van der Waals surface area contributed by atoms with Crippen LogP contribution in [-0.2, 0) is 4.74 Å². The molecule has 1 saturated heterocycles. The van der Waals surface area contributed by atoms with Gasteiger partial charge in [-0.3, -0.25) is 9.69 Å². The van der Waals surface area contributed by atoms with Gasteiger partial charge in [-0.1, -0.05) is 6.92 Å². The Morgan fingerprint density at radius 1 is 1.50 bits per heavy atom. The minimum absolute atomic E-state index is 0.157. The molecule has 110 valence electrons. The Bertz CT molecular complexity index is 437. The molecule has 0 saturated carbocycles. The minimum Gasteiger partial charge on any atom is -0.374 e. The van der Waals surface area contributed by atoms with Crippen molar-refractivity contribution in [1.29, 1.82) is 0 Å². The highest BCUT2D eigenvalue weighted by atomic mass is 16.5. The molecule has 0 spiro atoms. The standard InChI is InChI=1S/C13H21N5O2/c1-3-18-6-7-20-10(9-18)8-15-12-5-4-11(16-17-12)13(19)14-2/h4-5,10H,3,6-9H2,1-2H3,(H,14,19)(H,15,17). The van der Waals surface area contributed by atoms with Gasteiger partial charge in [0.2, 0.25) is 0 Å². The lowest BCUT2D eigenvalue weighted by atomic mass is 10.2. The Morgan fingerprint density at radius 3 is 3.00 bits per heavy atom. The van der Waals surface area contributed by atoms with E-state index in [1.807, 2.05) is 0 Å². The number of nitrogens with one attached hydrogen (secondary N) is 2. The highest BCUT2D eigenvalue weighted by Gasteiger charge is 2.19. The molecule has 1 aromatic heterocycles. The van der Waals surface area contributed by atoms with Gasteiger partial charge in [-0.2, -0.15) is 0 Å². The van der Waals surface area contributed by atoms with Gasteiger partial charge < -0.3 is 15.4 Å². The van der Waals surface area contributed by atoms with Gasteiger partial charge in [0.1, 0.15) is 5.82 Å². The van der Waals surface area contributed by atoms with Crippen molar-refractivity contribution in [3.8, 4) is 0 Å². The highest BCUT2D eigenvalue weighted by Crippen LogP contribution is 2.07. The number of nitrogens with zero attached hydrogens (tertiary/aromatic N) is 3. The van der Waals surface area contributed by atoms with E-state index < -0.39 is 0 Å². The number of amides is 1. The minimum atomic E-state index is -0.238. The summed E-state index contributed by atoms with van der Waals surface area (Å²) in [5.41, 5.74) is 0.309. The smallest absolute Gasteiger partial charge is 0.271 e. The average Bonchev–Trinajstić information content (AvgIpc) is 2.53. The molecule has 1 fully saturated rings. The van der Waals surface area contributed by atoms with E-state index in [4.69, 9.17) is 4.74 Å². The predicted molar refractivity (Wildman–Crippen MR) is 75.8 cm³/mol. The van der Waals surface area contributed by atoms with Crippen LogP contribution < -0.4 is 10.6 Å². The lowest BCUT2D eigenvalue weighted by Crippen LogP contribution is -2.45. The zero-order valence-corrected chi connectivity index (χ0v) is 11.9. The fraction of sp³-hybridized carbons (Fsp3) is 0.615. The topological polar surface area (TPSA) is 79.4 Å².